The van der Waals surface area contributed by atoms with E-state index in [9.17, 15) is 4.79 Å². The maximum absolute atomic E-state index is 11.3. The van der Waals surface area contributed by atoms with Crippen LogP contribution >= 0.6 is 0 Å². The van der Waals surface area contributed by atoms with Crippen LogP contribution in [0.3, 0.4) is 0 Å². The van der Waals surface area contributed by atoms with E-state index in [1.54, 1.807) is 0 Å². The van der Waals surface area contributed by atoms with Gasteiger partial charge in [0.05, 0.1) is 17.5 Å². The largest absolute Gasteiger partial charge is 0.366 e. The molecule has 0 spiro atoms. The molecule has 1 aromatic heterocycles. The fourth-order valence-corrected chi connectivity index (χ4v) is 2.11. The van der Waals surface area contributed by atoms with Gasteiger partial charge in [-0.2, -0.15) is 10.2 Å². The van der Waals surface area contributed by atoms with Crippen molar-refractivity contribution in [3.8, 4) is 11.3 Å². The summed E-state index contributed by atoms with van der Waals surface area (Å²) in [5, 5.41) is 7.91. The van der Waals surface area contributed by atoms with Crippen LogP contribution in [0.15, 0.2) is 30.5 Å². The number of hydrogen-bond donors (Lipinski definition) is 1. The van der Waals surface area contributed by atoms with E-state index >= 15 is 0 Å². The third-order valence-corrected chi connectivity index (χ3v) is 2.86. The zero-order valence-electron chi connectivity index (χ0n) is 8.47. The molecule has 2 N–H and O–H groups in total. The van der Waals surface area contributed by atoms with Crippen molar-refractivity contribution < 1.29 is 4.79 Å². The molecule has 3 rings (SSSR count). The van der Waals surface area contributed by atoms with E-state index in [-0.39, 0.29) is 0 Å². The van der Waals surface area contributed by atoms with Crippen molar-refractivity contribution in [3.63, 3.8) is 0 Å². The summed E-state index contributed by atoms with van der Waals surface area (Å²) in [6, 6.07) is 7.94. The van der Waals surface area contributed by atoms with Crippen molar-refractivity contribution in [1.82, 2.24) is 10.2 Å². The highest BCUT2D eigenvalue weighted by Gasteiger charge is 2.24. The van der Waals surface area contributed by atoms with E-state index in [4.69, 9.17) is 5.73 Å². The number of nitrogens with two attached hydrogens (primary N) is 1. The second-order valence-electron chi connectivity index (χ2n) is 3.78. The van der Waals surface area contributed by atoms with Crippen LogP contribution in [0.5, 0.6) is 0 Å². The third kappa shape index (κ3) is 1.13. The van der Waals surface area contributed by atoms with Crippen LogP contribution in [0.1, 0.15) is 21.5 Å². The van der Waals surface area contributed by atoms with Gasteiger partial charge in [0.15, 0.2) is 0 Å². The number of amides is 1. The fraction of sp³-hybridized carbons (Fsp3) is 0.0833. The Balaban J connectivity index is 2.28. The Morgan fingerprint density at radius 3 is 2.94 bits per heavy atom. The molecule has 1 aliphatic carbocycles. The molecule has 1 heterocycles. The highest BCUT2D eigenvalue weighted by Crippen LogP contribution is 2.35. The average molecular weight is 211 g/mol. The average Bonchev–Trinajstić information content (AvgIpc) is 2.67. The van der Waals surface area contributed by atoms with Crippen molar-refractivity contribution in [2.45, 2.75) is 6.42 Å². The summed E-state index contributed by atoms with van der Waals surface area (Å²) in [5.74, 6) is -0.445. The van der Waals surface area contributed by atoms with E-state index in [0.717, 1.165) is 16.8 Å². The molecule has 2 aromatic rings. The van der Waals surface area contributed by atoms with Gasteiger partial charge in [-0.3, -0.25) is 4.79 Å². The van der Waals surface area contributed by atoms with Gasteiger partial charge < -0.3 is 5.73 Å². The van der Waals surface area contributed by atoms with Crippen LogP contribution in [-0.2, 0) is 6.42 Å². The number of aromatic nitrogens is 2. The summed E-state index contributed by atoms with van der Waals surface area (Å²) in [5.41, 5.74) is 9.68. The van der Waals surface area contributed by atoms with Crippen LogP contribution in [0, 0.1) is 0 Å². The molecule has 0 saturated carbocycles. The zero-order valence-corrected chi connectivity index (χ0v) is 8.47. The molecule has 1 aliphatic rings. The second-order valence-corrected chi connectivity index (χ2v) is 3.78. The molecule has 4 nitrogen and oxygen atoms in total. The van der Waals surface area contributed by atoms with E-state index in [1.807, 2.05) is 24.3 Å². The third-order valence-electron chi connectivity index (χ3n) is 2.86. The molecule has 0 aliphatic heterocycles. The Bertz CT molecular complexity index is 593. The Labute approximate surface area is 92.1 Å². The molecule has 1 amide bonds. The van der Waals surface area contributed by atoms with Gasteiger partial charge in [-0.05, 0) is 11.1 Å². The minimum atomic E-state index is -0.445. The molecule has 0 radical (unpaired) electrons. The Kier molecular flexibility index (Phi) is 1.77. The summed E-state index contributed by atoms with van der Waals surface area (Å²) in [4.78, 5) is 11.3. The number of carbonyl (C=O) groups excluding carboxylic acids is 1. The SMILES string of the molecule is NC(=O)c1cnnc2c1Cc1ccccc1-2. The molecule has 78 valence electrons. The topological polar surface area (TPSA) is 68.9 Å². The first kappa shape index (κ1) is 9.03. The summed E-state index contributed by atoms with van der Waals surface area (Å²) in [6.45, 7) is 0. The van der Waals surface area contributed by atoms with Crippen LogP contribution < -0.4 is 5.73 Å². The number of rotatable bonds is 1. The Morgan fingerprint density at radius 2 is 2.12 bits per heavy atom. The molecule has 0 atom stereocenters. The van der Waals surface area contributed by atoms with Gasteiger partial charge in [0.25, 0.3) is 5.91 Å². The van der Waals surface area contributed by atoms with Gasteiger partial charge in [-0.25, -0.2) is 0 Å². The quantitative estimate of drug-likeness (QED) is 0.656. The second kappa shape index (κ2) is 3.13. The maximum Gasteiger partial charge on any atom is 0.250 e. The van der Waals surface area contributed by atoms with Gasteiger partial charge in [0.1, 0.15) is 0 Å². The standard InChI is InChI=1S/C12H9N3O/c13-12(16)10-6-14-15-11-8-4-2-1-3-7(8)5-9(10)11/h1-4,6H,5H2,(H2,13,16). The number of nitrogens with zero attached hydrogens (tertiary/aromatic N) is 2. The molecule has 4 heteroatoms. The van der Waals surface area contributed by atoms with Crippen LogP contribution in [-0.4, -0.2) is 16.1 Å². The molecular formula is C12H9N3O. The highest BCUT2D eigenvalue weighted by atomic mass is 16.1. The van der Waals surface area contributed by atoms with Gasteiger partial charge in [-0.15, -0.1) is 0 Å². The summed E-state index contributed by atoms with van der Waals surface area (Å²) < 4.78 is 0. The lowest BCUT2D eigenvalue weighted by Gasteiger charge is -2.01. The van der Waals surface area contributed by atoms with Crippen LogP contribution in [0.4, 0.5) is 0 Å². The predicted molar refractivity (Wildman–Crippen MR) is 58.8 cm³/mol. The number of primary amides is 1. The smallest absolute Gasteiger partial charge is 0.250 e. The lowest BCUT2D eigenvalue weighted by Crippen LogP contribution is -2.14. The predicted octanol–water partition coefficient (Wildman–Crippen LogP) is 1.15. The van der Waals surface area contributed by atoms with Gasteiger partial charge >= 0.3 is 0 Å². The number of benzene rings is 1. The first-order valence-electron chi connectivity index (χ1n) is 5.00. The lowest BCUT2D eigenvalue weighted by molar-refractivity contribution is 0.0999. The Hall–Kier alpha value is -2.23. The number of carbonyl (C=O) groups is 1. The van der Waals surface area contributed by atoms with Crippen LogP contribution in [0.2, 0.25) is 0 Å². The Morgan fingerprint density at radius 1 is 1.31 bits per heavy atom. The van der Waals surface area contributed by atoms with Crippen molar-refractivity contribution >= 4 is 5.91 Å². The minimum absolute atomic E-state index is 0.445. The summed E-state index contributed by atoms with van der Waals surface area (Å²) in [6.07, 6.45) is 2.15. The van der Waals surface area contributed by atoms with E-state index < -0.39 is 5.91 Å². The monoisotopic (exact) mass is 211 g/mol. The van der Waals surface area contributed by atoms with Crippen molar-refractivity contribution in [2.75, 3.05) is 0 Å². The number of fused-ring (bicyclic) bond motifs is 3. The maximum atomic E-state index is 11.3. The molecule has 0 unspecified atom stereocenters. The van der Waals surface area contributed by atoms with Crippen molar-refractivity contribution in [3.05, 3.63) is 47.2 Å². The van der Waals surface area contributed by atoms with Gasteiger partial charge in [0, 0.05) is 12.0 Å². The number of hydrogen-bond acceptors (Lipinski definition) is 3. The normalized spacial score (nSPS) is 12.0. The highest BCUT2D eigenvalue weighted by molar-refractivity contribution is 5.96. The van der Waals surface area contributed by atoms with E-state index in [2.05, 4.69) is 10.2 Å². The molecular weight excluding hydrogens is 202 g/mol. The van der Waals surface area contributed by atoms with Gasteiger partial charge in [-0.1, -0.05) is 24.3 Å². The molecule has 1 aromatic carbocycles. The van der Waals surface area contributed by atoms with E-state index in [0.29, 0.717) is 12.0 Å². The lowest BCUT2D eigenvalue weighted by atomic mass is 10.1. The fourth-order valence-electron chi connectivity index (χ4n) is 2.11. The minimum Gasteiger partial charge on any atom is -0.366 e. The summed E-state index contributed by atoms with van der Waals surface area (Å²) in [7, 11) is 0. The molecule has 0 bridgehead atoms. The summed E-state index contributed by atoms with van der Waals surface area (Å²) >= 11 is 0. The first-order chi connectivity index (χ1) is 7.77. The zero-order chi connectivity index (χ0) is 11.1. The first-order valence-corrected chi connectivity index (χ1v) is 5.00. The molecule has 0 saturated heterocycles. The molecule has 16 heavy (non-hydrogen) atoms. The van der Waals surface area contributed by atoms with Crippen molar-refractivity contribution in [1.29, 1.82) is 0 Å². The van der Waals surface area contributed by atoms with E-state index in [1.165, 1.54) is 11.8 Å². The molecule has 0 fully saturated rings. The van der Waals surface area contributed by atoms with Gasteiger partial charge in [0.2, 0.25) is 0 Å². The van der Waals surface area contributed by atoms with Crippen molar-refractivity contribution in [2.24, 2.45) is 5.73 Å². The van der Waals surface area contributed by atoms with Crippen LogP contribution in [0.25, 0.3) is 11.3 Å².